The van der Waals surface area contributed by atoms with Crippen LogP contribution in [0.2, 0.25) is 0 Å². The van der Waals surface area contributed by atoms with Crippen LogP contribution < -0.4 is 5.56 Å². The highest BCUT2D eigenvalue weighted by Crippen LogP contribution is 2.26. The Kier molecular flexibility index (Phi) is 5.25. The number of likely N-dealkylation sites (tertiary alicyclic amines) is 1. The Balaban J connectivity index is 1.75. The lowest BCUT2D eigenvalue weighted by Crippen LogP contribution is -2.40. The molecule has 1 saturated heterocycles. The van der Waals surface area contributed by atoms with Crippen LogP contribution in [-0.4, -0.2) is 43.8 Å². The quantitative estimate of drug-likeness (QED) is 0.819. The number of carbonyl (C=O) groups is 1. The lowest BCUT2D eigenvalue weighted by Gasteiger charge is -2.30. The average Bonchev–Trinajstić information content (AvgIpc) is 3.07. The fraction of sp³-hybridized carbons (Fsp3) is 0.588. The molecular weight excluding hydrogens is 322 g/mol. The van der Waals surface area contributed by atoms with Gasteiger partial charge in [-0.2, -0.15) is 10.1 Å². The summed E-state index contributed by atoms with van der Waals surface area (Å²) >= 11 is 0. The largest absolute Gasteiger partial charge is 0.339 e. The van der Waals surface area contributed by atoms with Gasteiger partial charge in [0.15, 0.2) is 5.82 Å². The van der Waals surface area contributed by atoms with E-state index in [2.05, 4.69) is 15.2 Å². The number of carbonyl (C=O) groups excluding carboxylic acids is 1. The molecule has 1 fully saturated rings. The molecule has 1 aliphatic heterocycles. The molecule has 2 aromatic rings. The maximum atomic E-state index is 12.8. The molecule has 2 aromatic heterocycles. The van der Waals surface area contributed by atoms with Gasteiger partial charge in [0.05, 0.1) is 5.92 Å². The van der Waals surface area contributed by atoms with Crippen LogP contribution in [0, 0.1) is 6.92 Å². The van der Waals surface area contributed by atoms with Crippen molar-refractivity contribution in [2.75, 3.05) is 13.1 Å². The Hall–Kier alpha value is -2.51. The monoisotopic (exact) mass is 345 g/mol. The molecule has 1 unspecified atom stereocenters. The molecule has 0 radical (unpaired) electrons. The SMILES string of the molecule is CCCCn1nc(C(=O)N2CCCC(c3nc(C)no3)C2)ccc1=O. The minimum Gasteiger partial charge on any atom is -0.339 e. The zero-order chi connectivity index (χ0) is 17.8. The number of nitrogens with zero attached hydrogens (tertiary/aromatic N) is 5. The fourth-order valence-electron chi connectivity index (χ4n) is 3.04. The highest BCUT2D eigenvalue weighted by molar-refractivity contribution is 5.92. The van der Waals surface area contributed by atoms with Crippen molar-refractivity contribution < 1.29 is 9.32 Å². The van der Waals surface area contributed by atoms with Gasteiger partial charge < -0.3 is 9.42 Å². The van der Waals surface area contributed by atoms with Crippen molar-refractivity contribution in [2.45, 2.75) is 52.0 Å². The first-order chi connectivity index (χ1) is 12.1. The molecule has 0 saturated carbocycles. The van der Waals surface area contributed by atoms with E-state index in [9.17, 15) is 9.59 Å². The summed E-state index contributed by atoms with van der Waals surface area (Å²) in [5.74, 6) is 1.06. The molecule has 25 heavy (non-hydrogen) atoms. The van der Waals surface area contributed by atoms with Gasteiger partial charge in [0.2, 0.25) is 5.89 Å². The molecule has 0 aliphatic carbocycles. The second-order valence-electron chi connectivity index (χ2n) is 6.40. The summed E-state index contributed by atoms with van der Waals surface area (Å²) in [5, 5.41) is 8.08. The number of hydrogen-bond acceptors (Lipinski definition) is 6. The molecule has 1 atom stereocenters. The van der Waals surface area contributed by atoms with Gasteiger partial charge in [-0.15, -0.1) is 0 Å². The first-order valence-corrected chi connectivity index (χ1v) is 8.76. The van der Waals surface area contributed by atoms with Crippen LogP contribution in [0.25, 0.3) is 0 Å². The Morgan fingerprint density at radius 3 is 2.96 bits per heavy atom. The predicted molar refractivity (Wildman–Crippen MR) is 90.3 cm³/mol. The first kappa shape index (κ1) is 17.3. The van der Waals surface area contributed by atoms with Crippen LogP contribution in [0.1, 0.15) is 60.7 Å². The van der Waals surface area contributed by atoms with Gasteiger partial charge in [0.1, 0.15) is 5.69 Å². The molecular formula is C17H23N5O3. The third kappa shape index (κ3) is 3.94. The molecule has 8 nitrogen and oxygen atoms in total. The number of hydrogen-bond donors (Lipinski definition) is 0. The van der Waals surface area contributed by atoms with Crippen molar-refractivity contribution >= 4 is 5.91 Å². The van der Waals surface area contributed by atoms with Crippen LogP contribution in [0.4, 0.5) is 0 Å². The van der Waals surface area contributed by atoms with Crippen molar-refractivity contribution in [3.05, 3.63) is 39.9 Å². The van der Waals surface area contributed by atoms with E-state index in [0.29, 0.717) is 37.0 Å². The van der Waals surface area contributed by atoms with E-state index in [1.807, 2.05) is 6.92 Å². The van der Waals surface area contributed by atoms with Crippen LogP contribution in [0.3, 0.4) is 0 Å². The van der Waals surface area contributed by atoms with Gasteiger partial charge >= 0.3 is 0 Å². The van der Waals surface area contributed by atoms with Crippen LogP contribution in [0.15, 0.2) is 21.5 Å². The molecule has 1 amide bonds. The first-order valence-electron chi connectivity index (χ1n) is 8.76. The minimum atomic E-state index is -0.178. The Morgan fingerprint density at radius 2 is 2.24 bits per heavy atom. The summed E-state index contributed by atoms with van der Waals surface area (Å²) in [7, 11) is 0. The zero-order valence-electron chi connectivity index (χ0n) is 14.6. The molecule has 3 heterocycles. The van der Waals surface area contributed by atoms with Crippen LogP contribution >= 0.6 is 0 Å². The molecule has 1 aliphatic rings. The third-order valence-electron chi connectivity index (χ3n) is 4.41. The third-order valence-corrected chi connectivity index (χ3v) is 4.41. The second-order valence-corrected chi connectivity index (χ2v) is 6.40. The van der Waals surface area contributed by atoms with Crippen molar-refractivity contribution in [1.29, 1.82) is 0 Å². The summed E-state index contributed by atoms with van der Waals surface area (Å²) in [6.45, 7) is 5.55. The zero-order valence-corrected chi connectivity index (χ0v) is 14.6. The standard InChI is InChI=1S/C17H23N5O3/c1-3-4-10-22-15(23)8-7-14(19-22)17(24)21-9-5-6-13(11-21)16-18-12(2)20-25-16/h7-8,13H,3-6,9-11H2,1-2H3. The molecule has 3 rings (SSSR count). The molecule has 0 spiro atoms. The van der Waals surface area contributed by atoms with Gasteiger partial charge in [-0.25, -0.2) is 4.68 Å². The number of amides is 1. The van der Waals surface area contributed by atoms with E-state index in [1.54, 1.807) is 11.8 Å². The van der Waals surface area contributed by atoms with Crippen molar-refractivity contribution in [1.82, 2.24) is 24.8 Å². The summed E-state index contributed by atoms with van der Waals surface area (Å²) < 4.78 is 6.63. The van der Waals surface area contributed by atoms with Crippen molar-refractivity contribution in [3.8, 4) is 0 Å². The van der Waals surface area contributed by atoms with Gasteiger partial charge in [-0.05, 0) is 32.3 Å². The molecule has 134 valence electrons. The van der Waals surface area contributed by atoms with Crippen LogP contribution in [0.5, 0.6) is 0 Å². The summed E-state index contributed by atoms with van der Waals surface area (Å²) in [6.07, 6.45) is 3.60. The minimum absolute atomic E-state index is 0.0462. The summed E-state index contributed by atoms with van der Waals surface area (Å²) in [4.78, 5) is 30.7. The Bertz CT molecular complexity index is 798. The Labute approximate surface area is 145 Å². The van der Waals surface area contributed by atoms with Gasteiger partial charge in [0.25, 0.3) is 11.5 Å². The van der Waals surface area contributed by atoms with Crippen molar-refractivity contribution in [2.24, 2.45) is 0 Å². The number of piperidine rings is 1. The normalized spacial score (nSPS) is 17.7. The number of aromatic nitrogens is 4. The number of aryl methyl sites for hydroxylation is 2. The molecule has 0 bridgehead atoms. The smallest absolute Gasteiger partial charge is 0.274 e. The van der Waals surface area contributed by atoms with E-state index in [1.165, 1.54) is 16.8 Å². The number of unbranched alkanes of at least 4 members (excludes halogenated alkanes) is 1. The summed E-state index contributed by atoms with van der Waals surface area (Å²) in [6, 6.07) is 2.92. The fourth-order valence-corrected chi connectivity index (χ4v) is 3.04. The maximum absolute atomic E-state index is 12.8. The highest BCUT2D eigenvalue weighted by Gasteiger charge is 2.29. The lowest BCUT2D eigenvalue weighted by atomic mass is 9.97. The van der Waals surface area contributed by atoms with E-state index < -0.39 is 0 Å². The molecule has 0 N–H and O–H groups in total. The molecule has 0 aromatic carbocycles. The van der Waals surface area contributed by atoms with E-state index >= 15 is 0 Å². The number of rotatable bonds is 5. The van der Waals surface area contributed by atoms with E-state index in [4.69, 9.17) is 4.52 Å². The topological polar surface area (TPSA) is 94.1 Å². The predicted octanol–water partition coefficient (Wildman–Crippen LogP) is 1.75. The highest BCUT2D eigenvalue weighted by atomic mass is 16.5. The average molecular weight is 345 g/mol. The van der Waals surface area contributed by atoms with Crippen molar-refractivity contribution in [3.63, 3.8) is 0 Å². The lowest BCUT2D eigenvalue weighted by molar-refractivity contribution is 0.0686. The van der Waals surface area contributed by atoms with Gasteiger partial charge in [-0.1, -0.05) is 18.5 Å². The van der Waals surface area contributed by atoms with Crippen LogP contribution in [-0.2, 0) is 6.54 Å². The van der Waals surface area contributed by atoms with Gasteiger partial charge in [-0.3, -0.25) is 9.59 Å². The van der Waals surface area contributed by atoms with Gasteiger partial charge in [0, 0.05) is 25.7 Å². The van der Waals surface area contributed by atoms with E-state index in [-0.39, 0.29) is 17.4 Å². The second kappa shape index (κ2) is 7.58. The maximum Gasteiger partial charge on any atom is 0.274 e. The Morgan fingerprint density at radius 1 is 1.40 bits per heavy atom. The molecule has 8 heteroatoms. The van der Waals surface area contributed by atoms with E-state index in [0.717, 1.165) is 25.7 Å². The summed E-state index contributed by atoms with van der Waals surface area (Å²) in [5.41, 5.74) is 0.126.